The number of nitrogens with zero attached hydrogens (tertiary/aromatic N) is 2. The lowest BCUT2D eigenvalue weighted by atomic mass is 9.85. The van der Waals surface area contributed by atoms with Gasteiger partial charge in [0.1, 0.15) is 18.3 Å². The molecule has 2 aliphatic rings. The van der Waals surface area contributed by atoms with Gasteiger partial charge >= 0.3 is 0 Å². The summed E-state index contributed by atoms with van der Waals surface area (Å²) in [5, 5.41) is 0. The van der Waals surface area contributed by atoms with Crippen molar-refractivity contribution in [3.63, 3.8) is 0 Å². The third-order valence-corrected chi connectivity index (χ3v) is 6.65. The van der Waals surface area contributed by atoms with Crippen molar-refractivity contribution in [2.45, 2.75) is 71.2 Å². The number of carbonyl (C=O) groups excluding carboxylic acids is 2. The van der Waals surface area contributed by atoms with Crippen LogP contribution in [-0.2, 0) is 16.1 Å². The first-order valence-corrected chi connectivity index (χ1v) is 11.8. The monoisotopic (exact) mass is 454 g/mol. The highest BCUT2D eigenvalue weighted by Crippen LogP contribution is 2.38. The first kappa shape index (κ1) is 23.2. The summed E-state index contributed by atoms with van der Waals surface area (Å²) in [6.07, 6.45) is 5.61. The van der Waals surface area contributed by atoms with Gasteiger partial charge in [0.15, 0.2) is 11.5 Å². The van der Waals surface area contributed by atoms with Gasteiger partial charge in [0.2, 0.25) is 5.91 Å². The molecule has 2 fully saturated rings. The Balaban J connectivity index is 1.69. The molecule has 0 bridgehead atoms. The Bertz CT molecular complexity index is 963. The van der Waals surface area contributed by atoms with Gasteiger partial charge in [-0.3, -0.25) is 9.59 Å². The number of carbonyl (C=O) groups is 2. The number of ether oxygens (including phenoxy) is 2. The van der Waals surface area contributed by atoms with Crippen LogP contribution in [0.3, 0.4) is 0 Å². The van der Waals surface area contributed by atoms with Crippen molar-refractivity contribution in [1.82, 2.24) is 9.80 Å². The van der Waals surface area contributed by atoms with Crippen LogP contribution >= 0.6 is 0 Å². The van der Waals surface area contributed by atoms with Gasteiger partial charge in [-0.05, 0) is 75.3 Å². The van der Waals surface area contributed by atoms with E-state index in [1.807, 2.05) is 43.0 Å². The molecule has 1 unspecified atom stereocenters. The lowest BCUT2D eigenvalue weighted by molar-refractivity contribution is -0.160. The standard InChI is InChI=1S/C26H34N2O5/c1-17(2)33-22-12-9-19(14-23(22)31-4)25-26(30)27(20-10-7-18(3)8-11-20)16-24(29)28(25)15-21-6-5-13-32-21/h5-6,9,12-14,17-18,20,25H,7-8,10-11,15-16H2,1-4H3. The average Bonchev–Trinajstić information content (AvgIpc) is 3.30. The van der Waals surface area contributed by atoms with Crippen LogP contribution in [0.4, 0.5) is 0 Å². The largest absolute Gasteiger partial charge is 0.493 e. The second-order valence-electron chi connectivity index (χ2n) is 9.46. The number of rotatable bonds is 7. The average molecular weight is 455 g/mol. The molecule has 1 aliphatic carbocycles. The van der Waals surface area contributed by atoms with Crippen LogP contribution in [0.2, 0.25) is 0 Å². The van der Waals surface area contributed by atoms with Gasteiger partial charge in [-0.15, -0.1) is 0 Å². The molecule has 1 atom stereocenters. The topological polar surface area (TPSA) is 72.2 Å². The number of amides is 2. The molecular weight excluding hydrogens is 420 g/mol. The Labute approximate surface area is 195 Å². The van der Waals surface area contributed by atoms with Gasteiger partial charge in [-0.2, -0.15) is 0 Å². The zero-order valence-corrected chi connectivity index (χ0v) is 20.0. The normalized spacial score (nSPS) is 23.8. The van der Waals surface area contributed by atoms with Gasteiger partial charge in [-0.1, -0.05) is 13.0 Å². The summed E-state index contributed by atoms with van der Waals surface area (Å²) in [7, 11) is 1.58. The van der Waals surface area contributed by atoms with E-state index in [0.29, 0.717) is 28.7 Å². The van der Waals surface area contributed by atoms with E-state index < -0.39 is 6.04 Å². The van der Waals surface area contributed by atoms with Gasteiger partial charge in [0.05, 0.1) is 26.0 Å². The summed E-state index contributed by atoms with van der Waals surface area (Å²) >= 11 is 0. The fourth-order valence-electron chi connectivity index (χ4n) is 4.89. The maximum Gasteiger partial charge on any atom is 0.250 e. The lowest BCUT2D eigenvalue weighted by Gasteiger charge is -2.45. The second-order valence-corrected chi connectivity index (χ2v) is 9.46. The predicted octanol–water partition coefficient (Wildman–Crippen LogP) is 4.57. The fourth-order valence-corrected chi connectivity index (χ4v) is 4.89. The molecule has 1 aliphatic heterocycles. The summed E-state index contributed by atoms with van der Waals surface area (Å²) in [6.45, 7) is 6.50. The van der Waals surface area contributed by atoms with E-state index in [9.17, 15) is 9.59 Å². The Kier molecular flexibility index (Phi) is 6.96. The molecule has 7 heteroatoms. The molecule has 1 saturated carbocycles. The fraction of sp³-hybridized carbons (Fsp3) is 0.538. The van der Waals surface area contributed by atoms with E-state index in [1.54, 1.807) is 24.3 Å². The Morgan fingerprint density at radius 2 is 1.85 bits per heavy atom. The van der Waals surface area contributed by atoms with E-state index in [4.69, 9.17) is 13.9 Å². The van der Waals surface area contributed by atoms with Gasteiger partial charge < -0.3 is 23.7 Å². The molecule has 7 nitrogen and oxygen atoms in total. The van der Waals surface area contributed by atoms with Crippen molar-refractivity contribution < 1.29 is 23.5 Å². The third kappa shape index (κ3) is 5.02. The molecule has 2 amide bonds. The Hall–Kier alpha value is -2.96. The summed E-state index contributed by atoms with van der Waals surface area (Å²) < 4.78 is 16.9. The minimum Gasteiger partial charge on any atom is -0.493 e. The summed E-state index contributed by atoms with van der Waals surface area (Å²) in [5.74, 6) is 2.36. The molecule has 0 N–H and O–H groups in total. The molecule has 2 aromatic rings. The second kappa shape index (κ2) is 9.89. The molecule has 2 heterocycles. The van der Waals surface area contributed by atoms with Crippen LogP contribution < -0.4 is 9.47 Å². The van der Waals surface area contributed by atoms with Crippen molar-refractivity contribution in [1.29, 1.82) is 0 Å². The number of hydrogen-bond donors (Lipinski definition) is 0. The number of methoxy groups -OCH3 is 1. The lowest BCUT2D eigenvalue weighted by Crippen LogP contribution is -2.58. The molecule has 1 saturated heterocycles. The van der Waals surface area contributed by atoms with Crippen molar-refractivity contribution >= 4 is 11.8 Å². The third-order valence-electron chi connectivity index (χ3n) is 6.65. The highest BCUT2D eigenvalue weighted by molar-refractivity contribution is 5.96. The molecule has 0 spiro atoms. The summed E-state index contributed by atoms with van der Waals surface area (Å²) in [4.78, 5) is 30.7. The van der Waals surface area contributed by atoms with Gasteiger partial charge in [0, 0.05) is 6.04 Å². The smallest absolute Gasteiger partial charge is 0.250 e. The minimum absolute atomic E-state index is 0.0118. The van der Waals surface area contributed by atoms with E-state index in [2.05, 4.69) is 6.92 Å². The van der Waals surface area contributed by atoms with Gasteiger partial charge in [-0.25, -0.2) is 0 Å². The van der Waals surface area contributed by atoms with Crippen molar-refractivity contribution in [3.8, 4) is 11.5 Å². The van der Waals surface area contributed by atoms with Crippen molar-refractivity contribution in [3.05, 3.63) is 47.9 Å². The highest BCUT2D eigenvalue weighted by atomic mass is 16.5. The quantitative estimate of drug-likeness (QED) is 0.613. The SMILES string of the molecule is COc1cc(C2C(=O)N(C3CCC(C)CC3)CC(=O)N2Cc2ccco2)ccc1OC(C)C. The number of hydrogen-bond acceptors (Lipinski definition) is 5. The molecule has 33 heavy (non-hydrogen) atoms. The molecule has 1 aromatic carbocycles. The predicted molar refractivity (Wildman–Crippen MR) is 124 cm³/mol. The maximum absolute atomic E-state index is 13.9. The van der Waals surface area contributed by atoms with Gasteiger partial charge in [0.25, 0.3) is 5.91 Å². The van der Waals surface area contributed by atoms with Crippen LogP contribution in [0.5, 0.6) is 11.5 Å². The van der Waals surface area contributed by atoms with E-state index in [-0.39, 0.29) is 37.0 Å². The van der Waals surface area contributed by atoms with E-state index in [1.165, 1.54) is 0 Å². The Morgan fingerprint density at radius 1 is 1.09 bits per heavy atom. The Morgan fingerprint density at radius 3 is 2.48 bits per heavy atom. The molecule has 1 aromatic heterocycles. The van der Waals surface area contributed by atoms with Crippen LogP contribution in [0.15, 0.2) is 41.0 Å². The van der Waals surface area contributed by atoms with Crippen LogP contribution in [0, 0.1) is 5.92 Å². The molecule has 4 rings (SSSR count). The number of furan rings is 1. The summed E-state index contributed by atoms with van der Waals surface area (Å²) in [5.41, 5.74) is 0.710. The highest BCUT2D eigenvalue weighted by Gasteiger charge is 2.43. The van der Waals surface area contributed by atoms with Crippen LogP contribution in [0.25, 0.3) is 0 Å². The maximum atomic E-state index is 13.9. The van der Waals surface area contributed by atoms with Crippen molar-refractivity contribution in [2.24, 2.45) is 5.92 Å². The summed E-state index contributed by atoms with van der Waals surface area (Å²) in [6, 6.07) is 8.47. The minimum atomic E-state index is -0.738. The zero-order chi connectivity index (χ0) is 23.5. The molecular formula is C26H34N2O5. The molecule has 178 valence electrons. The van der Waals surface area contributed by atoms with Crippen LogP contribution in [-0.4, -0.2) is 47.4 Å². The van der Waals surface area contributed by atoms with E-state index in [0.717, 1.165) is 25.7 Å². The first-order valence-electron chi connectivity index (χ1n) is 11.8. The zero-order valence-electron chi connectivity index (χ0n) is 20.0. The molecule has 0 radical (unpaired) electrons. The number of benzene rings is 1. The first-order chi connectivity index (χ1) is 15.9. The van der Waals surface area contributed by atoms with Crippen molar-refractivity contribution in [2.75, 3.05) is 13.7 Å². The van der Waals surface area contributed by atoms with Crippen LogP contribution in [0.1, 0.15) is 63.8 Å². The number of piperazine rings is 1. The van der Waals surface area contributed by atoms with E-state index >= 15 is 0 Å².